The number of halogens is 1. The van der Waals surface area contributed by atoms with Crippen LogP contribution in [0.3, 0.4) is 0 Å². The molecule has 70 valence electrons. The van der Waals surface area contributed by atoms with Gasteiger partial charge in [0.2, 0.25) is 0 Å². The number of anilines is 1. The number of amides is 1. The van der Waals surface area contributed by atoms with Gasteiger partial charge >= 0.3 is 6.09 Å². The van der Waals surface area contributed by atoms with Gasteiger partial charge < -0.3 is 5.11 Å². The smallest absolute Gasteiger partial charge is 0.409 e. The summed E-state index contributed by atoms with van der Waals surface area (Å²) in [6.07, 6.45) is -0.940. The lowest BCUT2D eigenvalue weighted by Gasteiger charge is -2.29. The maximum absolute atomic E-state index is 10.7. The minimum Gasteiger partial charge on any atom is -0.465 e. The molecule has 1 aliphatic rings. The molecule has 0 spiro atoms. The largest absolute Gasteiger partial charge is 0.465 e. The van der Waals surface area contributed by atoms with Gasteiger partial charge in [-0.3, -0.25) is 9.32 Å². The molecule has 1 aromatic heterocycles. The van der Waals surface area contributed by atoms with E-state index >= 15 is 0 Å². The first-order valence-electron chi connectivity index (χ1n) is 3.66. The third-order valence-corrected chi connectivity index (χ3v) is 3.07. The van der Waals surface area contributed by atoms with Crippen molar-refractivity contribution in [2.24, 2.45) is 0 Å². The molecule has 1 aromatic rings. The Morgan fingerprint density at radius 1 is 1.69 bits per heavy atom. The first-order valence-corrected chi connectivity index (χ1v) is 4.88. The Balaban J connectivity index is 2.28. The van der Waals surface area contributed by atoms with Gasteiger partial charge in [-0.25, -0.2) is 4.79 Å². The Morgan fingerprint density at radius 2 is 2.46 bits per heavy atom. The van der Waals surface area contributed by atoms with Gasteiger partial charge in [0, 0.05) is 16.7 Å². The fourth-order valence-electron chi connectivity index (χ4n) is 1.25. The van der Waals surface area contributed by atoms with E-state index < -0.39 is 6.09 Å². The van der Waals surface area contributed by atoms with Crippen LogP contribution >= 0.6 is 23.1 Å². The van der Waals surface area contributed by atoms with Crippen LogP contribution in [0.5, 0.6) is 0 Å². The van der Waals surface area contributed by atoms with Crippen LogP contribution in [0.15, 0.2) is 11.4 Å². The monoisotopic (exact) mass is 218 g/mol. The Hall–Kier alpha value is -0.940. The number of carbonyl (C=O) groups is 1. The van der Waals surface area contributed by atoms with Crippen LogP contribution in [0.2, 0.25) is 0 Å². The highest BCUT2D eigenvalue weighted by molar-refractivity contribution is 7.10. The van der Waals surface area contributed by atoms with Gasteiger partial charge in [-0.1, -0.05) is 0 Å². The molecule has 2 rings (SSSR count). The zero-order valence-corrected chi connectivity index (χ0v) is 8.18. The van der Waals surface area contributed by atoms with Crippen LogP contribution < -0.4 is 4.42 Å². The van der Waals surface area contributed by atoms with E-state index in [1.807, 2.05) is 11.4 Å². The molecule has 0 bridgehead atoms. The van der Waals surface area contributed by atoms with Crippen molar-refractivity contribution in [2.45, 2.75) is 6.54 Å². The minimum atomic E-state index is -0.940. The minimum absolute atomic E-state index is 0.223. The van der Waals surface area contributed by atoms with Crippen LogP contribution in [0, 0.1) is 0 Å². The molecule has 0 fully saturated rings. The van der Waals surface area contributed by atoms with Gasteiger partial charge in [0.05, 0.1) is 12.2 Å². The molecule has 0 atom stereocenters. The SMILES string of the molecule is O=C(O)N1Cc2sccc2N(Cl)C1. The van der Waals surface area contributed by atoms with Crippen LogP contribution in [0.4, 0.5) is 10.5 Å². The summed E-state index contributed by atoms with van der Waals surface area (Å²) in [5, 5.41) is 10.7. The van der Waals surface area contributed by atoms with Gasteiger partial charge in [-0.2, -0.15) is 0 Å². The normalized spacial score (nSPS) is 15.8. The Bertz CT molecular complexity index is 341. The van der Waals surface area contributed by atoms with Crippen LogP contribution in [-0.4, -0.2) is 22.8 Å². The molecule has 0 unspecified atom stereocenters. The van der Waals surface area contributed by atoms with E-state index in [0.717, 1.165) is 10.6 Å². The van der Waals surface area contributed by atoms with Gasteiger partial charge in [-0.15, -0.1) is 11.3 Å². The number of nitrogens with zero attached hydrogens (tertiary/aromatic N) is 2. The van der Waals surface area contributed by atoms with Crippen molar-refractivity contribution in [3.63, 3.8) is 0 Å². The number of carboxylic acid groups (broad SMARTS) is 1. The predicted octanol–water partition coefficient (Wildman–Crippen LogP) is 2.16. The Labute approximate surface area is 84.1 Å². The van der Waals surface area contributed by atoms with Crippen molar-refractivity contribution in [3.8, 4) is 0 Å². The average molecular weight is 219 g/mol. The second-order valence-corrected chi connectivity index (χ2v) is 4.12. The summed E-state index contributed by atoms with van der Waals surface area (Å²) in [7, 11) is 0. The number of hydrogen-bond acceptors (Lipinski definition) is 3. The van der Waals surface area contributed by atoms with Crippen molar-refractivity contribution in [3.05, 3.63) is 16.3 Å². The topological polar surface area (TPSA) is 43.8 Å². The van der Waals surface area contributed by atoms with Crippen LogP contribution in [0.1, 0.15) is 4.88 Å². The highest BCUT2D eigenvalue weighted by Crippen LogP contribution is 2.32. The fraction of sp³-hybridized carbons (Fsp3) is 0.286. The maximum Gasteiger partial charge on any atom is 0.409 e. The summed E-state index contributed by atoms with van der Waals surface area (Å²) in [5.74, 6) is 0. The summed E-state index contributed by atoms with van der Waals surface area (Å²) in [4.78, 5) is 12.9. The summed E-state index contributed by atoms with van der Waals surface area (Å²) in [6, 6.07) is 1.90. The average Bonchev–Trinajstić information content (AvgIpc) is 2.51. The molecule has 4 nitrogen and oxygen atoms in total. The predicted molar refractivity (Wildman–Crippen MR) is 51.1 cm³/mol. The van der Waals surface area contributed by atoms with E-state index in [2.05, 4.69) is 0 Å². The summed E-state index contributed by atoms with van der Waals surface area (Å²) in [6.45, 7) is 0.659. The van der Waals surface area contributed by atoms with E-state index in [-0.39, 0.29) is 6.67 Å². The highest BCUT2D eigenvalue weighted by Gasteiger charge is 2.25. The molecule has 6 heteroatoms. The number of thiophene rings is 1. The van der Waals surface area contributed by atoms with E-state index in [9.17, 15) is 4.79 Å². The first kappa shape index (κ1) is 8.65. The molecule has 0 saturated carbocycles. The molecule has 0 aliphatic carbocycles. The maximum atomic E-state index is 10.7. The molecule has 0 radical (unpaired) electrons. The Morgan fingerprint density at radius 3 is 3.15 bits per heavy atom. The molecule has 1 N–H and O–H groups in total. The van der Waals surface area contributed by atoms with Gasteiger partial charge in [0.1, 0.15) is 6.67 Å². The van der Waals surface area contributed by atoms with Crippen molar-refractivity contribution in [1.82, 2.24) is 4.90 Å². The number of fused-ring (bicyclic) bond motifs is 1. The lowest BCUT2D eigenvalue weighted by atomic mass is 10.3. The molecule has 0 saturated heterocycles. The summed E-state index contributed by atoms with van der Waals surface area (Å²) >= 11 is 7.38. The third kappa shape index (κ3) is 1.45. The van der Waals surface area contributed by atoms with Gasteiger partial charge in [0.15, 0.2) is 0 Å². The zero-order chi connectivity index (χ0) is 9.42. The van der Waals surface area contributed by atoms with E-state index in [1.54, 1.807) is 0 Å². The van der Waals surface area contributed by atoms with Gasteiger partial charge in [-0.05, 0) is 11.4 Å². The van der Waals surface area contributed by atoms with Crippen molar-refractivity contribution in [1.29, 1.82) is 0 Å². The zero-order valence-electron chi connectivity index (χ0n) is 6.61. The van der Waals surface area contributed by atoms with Crippen molar-refractivity contribution >= 4 is 34.9 Å². The molecular formula is C7H7ClN2O2S. The third-order valence-electron chi connectivity index (χ3n) is 1.88. The molecule has 1 amide bonds. The number of hydrogen-bond donors (Lipinski definition) is 1. The van der Waals surface area contributed by atoms with E-state index in [1.165, 1.54) is 20.7 Å². The molecule has 1 aliphatic heterocycles. The molecule has 0 aromatic carbocycles. The standard InChI is InChI=1S/C7H7ClN2O2S/c8-10-4-9(7(11)12)3-6-5(10)1-2-13-6/h1-2H,3-4H2,(H,11,12). The van der Waals surface area contributed by atoms with E-state index in [4.69, 9.17) is 16.9 Å². The molecule has 13 heavy (non-hydrogen) atoms. The summed E-state index contributed by atoms with van der Waals surface area (Å²) in [5.41, 5.74) is 0.921. The van der Waals surface area contributed by atoms with Crippen LogP contribution in [-0.2, 0) is 6.54 Å². The van der Waals surface area contributed by atoms with Crippen molar-refractivity contribution in [2.75, 3.05) is 11.1 Å². The van der Waals surface area contributed by atoms with Crippen molar-refractivity contribution < 1.29 is 9.90 Å². The molecular weight excluding hydrogens is 212 g/mol. The lowest BCUT2D eigenvalue weighted by molar-refractivity contribution is 0.143. The fourth-order valence-corrected chi connectivity index (χ4v) is 2.47. The molecule has 2 heterocycles. The second-order valence-electron chi connectivity index (χ2n) is 2.71. The van der Waals surface area contributed by atoms with E-state index in [0.29, 0.717) is 6.54 Å². The first-order chi connectivity index (χ1) is 6.18. The number of rotatable bonds is 0. The van der Waals surface area contributed by atoms with Gasteiger partial charge in [0.25, 0.3) is 0 Å². The summed E-state index contributed by atoms with van der Waals surface area (Å²) < 4.78 is 1.42. The quantitative estimate of drug-likeness (QED) is 0.679. The lowest BCUT2D eigenvalue weighted by Crippen LogP contribution is -2.39. The highest BCUT2D eigenvalue weighted by atomic mass is 35.5. The van der Waals surface area contributed by atoms with Crippen LogP contribution in [0.25, 0.3) is 0 Å². The second kappa shape index (κ2) is 3.08. The Kier molecular flexibility index (Phi) is 2.05.